The van der Waals surface area contributed by atoms with E-state index in [-0.39, 0.29) is 16.2 Å². The molecule has 1 unspecified atom stereocenters. The number of ether oxygens (including phenoxy) is 1. The standard InChI is InChI=1S/C20H18BrNO4/c1-3-16(21)20(24)22-13-6-4-12(5-7-13)19-11-17(23)15-10-14(25-2)8-9-18(15)26-19/h4-11,16H,3H2,1-2H3,(H,22,24). The Bertz CT molecular complexity index is 995. The quantitative estimate of drug-likeness (QED) is 0.619. The van der Waals surface area contributed by atoms with E-state index < -0.39 is 0 Å². The summed E-state index contributed by atoms with van der Waals surface area (Å²) >= 11 is 3.32. The van der Waals surface area contributed by atoms with Gasteiger partial charge in [-0.05, 0) is 48.9 Å². The number of halogens is 1. The molecule has 0 fully saturated rings. The molecule has 2 aromatic carbocycles. The molecule has 1 amide bonds. The summed E-state index contributed by atoms with van der Waals surface area (Å²) in [5.41, 5.74) is 1.80. The van der Waals surface area contributed by atoms with Gasteiger partial charge in [-0.25, -0.2) is 0 Å². The number of rotatable bonds is 5. The zero-order valence-corrected chi connectivity index (χ0v) is 16.0. The van der Waals surface area contributed by atoms with Gasteiger partial charge in [0.2, 0.25) is 5.91 Å². The molecule has 5 nitrogen and oxygen atoms in total. The Morgan fingerprint density at radius 1 is 1.19 bits per heavy atom. The SMILES string of the molecule is CCC(Br)C(=O)Nc1ccc(-c2cc(=O)c3cc(OC)ccc3o2)cc1. The van der Waals surface area contributed by atoms with Crippen LogP contribution in [0, 0.1) is 0 Å². The van der Waals surface area contributed by atoms with Crippen molar-refractivity contribution in [3.05, 3.63) is 58.8 Å². The maximum Gasteiger partial charge on any atom is 0.238 e. The van der Waals surface area contributed by atoms with Crippen LogP contribution in [0.5, 0.6) is 5.75 Å². The smallest absolute Gasteiger partial charge is 0.238 e. The van der Waals surface area contributed by atoms with E-state index in [1.54, 1.807) is 49.6 Å². The lowest BCUT2D eigenvalue weighted by Gasteiger charge is -2.09. The molecule has 26 heavy (non-hydrogen) atoms. The molecule has 0 saturated carbocycles. The van der Waals surface area contributed by atoms with E-state index in [1.807, 2.05) is 6.92 Å². The fourth-order valence-electron chi connectivity index (χ4n) is 2.53. The van der Waals surface area contributed by atoms with Gasteiger partial charge in [0.1, 0.15) is 17.1 Å². The van der Waals surface area contributed by atoms with Crippen LogP contribution in [0.1, 0.15) is 13.3 Å². The van der Waals surface area contributed by atoms with Gasteiger partial charge in [-0.15, -0.1) is 0 Å². The van der Waals surface area contributed by atoms with Crippen molar-refractivity contribution >= 4 is 38.5 Å². The number of methoxy groups -OCH3 is 1. The fourth-order valence-corrected chi connectivity index (χ4v) is 2.64. The molecule has 134 valence electrons. The lowest BCUT2D eigenvalue weighted by Crippen LogP contribution is -2.21. The van der Waals surface area contributed by atoms with Crippen molar-refractivity contribution in [2.75, 3.05) is 12.4 Å². The topological polar surface area (TPSA) is 68.5 Å². The highest BCUT2D eigenvalue weighted by molar-refractivity contribution is 9.10. The first-order valence-electron chi connectivity index (χ1n) is 8.19. The fraction of sp³-hybridized carbons (Fsp3) is 0.200. The Morgan fingerprint density at radius 3 is 2.58 bits per heavy atom. The third kappa shape index (κ3) is 3.80. The maximum atomic E-state index is 12.4. The van der Waals surface area contributed by atoms with Crippen LogP contribution in [-0.4, -0.2) is 17.8 Å². The van der Waals surface area contributed by atoms with Gasteiger partial charge in [-0.3, -0.25) is 9.59 Å². The number of carbonyl (C=O) groups excluding carboxylic acids is 1. The van der Waals surface area contributed by atoms with Gasteiger partial charge < -0.3 is 14.5 Å². The van der Waals surface area contributed by atoms with Gasteiger partial charge in [-0.1, -0.05) is 22.9 Å². The average molecular weight is 416 g/mol. The summed E-state index contributed by atoms with van der Waals surface area (Å²) in [4.78, 5) is 24.1. The highest BCUT2D eigenvalue weighted by Gasteiger charge is 2.13. The van der Waals surface area contributed by atoms with Crippen LogP contribution in [-0.2, 0) is 4.79 Å². The number of carbonyl (C=O) groups is 1. The maximum absolute atomic E-state index is 12.4. The summed E-state index contributed by atoms with van der Waals surface area (Å²) < 4.78 is 11.0. The molecule has 0 saturated heterocycles. The molecule has 3 aromatic rings. The van der Waals surface area contributed by atoms with Gasteiger partial charge in [0, 0.05) is 17.3 Å². The number of hydrogen-bond acceptors (Lipinski definition) is 4. The molecule has 1 N–H and O–H groups in total. The number of anilines is 1. The van der Waals surface area contributed by atoms with Crippen LogP contribution in [0.3, 0.4) is 0 Å². The molecular weight excluding hydrogens is 398 g/mol. The van der Waals surface area contributed by atoms with E-state index >= 15 is 0 Å². The summed E-state index contributed by atoms with van der Waals surface area (Å²) in [5, 5.41) is 3.31. The molecule has 0 radical (unpaired) electrons. The van der Waals surface area contributed by atoms with E-state index in [0.29, 0.717) is 34.6 Å². The first kappa shape index (κ1) is 18.2. The Hall–Kier alpha value is -2.60. The zero-order chi connectivity index (χ0) is 18.7. The summed E-state index contributed by atoms with van der Waals surface area (Å²) in [6, 6.07) is 13.8. The third-order valence-electron chi connectivity index (χ3n) is 4.01. The molecule has 0 spiro atoms. The normalized spacial score (nSPS) is 12.0. The lowest BCUT2D eigenvalue weighted by atomic mass is 10.1. The van der Waals surface area contributed by atoms with E-state index in [4.69, 9.17) is 9.15 Å². The second-order valence-corrected chi connectivity index (χ2v) is 6.88. The summed E-state index contributed by atoms with van der Waals surface area (Å²) in [6.45, 7) is 1.93. The van der Waals surface area contributed by atoms with Gasteiger partial charge >= 0.3 is 0 Å². The van der Waals surface area contributed by atoms with Crippen molar-refractivity contribution in [1.29, 1.82) is 0 Å². The van der Waals surface area contributed by atoms with Crippen LogP contribution < -0.4 is 15.5 Å². The highest BCUT2D eigenvalue weighted by Crippen LogP contribution is 2.25. The zero-order valence-electron chi connectivity index (χ0n) is 14.4. The first-order valence-corrected chi connectivity index (χ1v) is 9.10. The van der Waals surface area contributed by atoms with E-state index in [1.165, 1.54) is 6.07 Å². The Kier molecular flexibility index (Phi) is 5.42. The Morgan fingerprint density at radius 2 is 1.92 bits per heavy atom. The minimum absolute atomic E-state index is 0.0913. The average Bonchev–Trinajstić information content (AvgIpc) is 2.67. The van der Waals surface area contributed by atoms with Crippen molar-refractivity contribution in [2.24, 2.45) is 0 Å². The minimum atomic E-state index is -0.224. The van der Waals surface area contributed by atoms with Gasteiger partial charge in [0.05, 0.1) is 17.3 Å². The molecule has 3 rings (SSSR count). The Labute approximate surface area is 159 Å². The predicted molar refractivity (Wildman–Crippen MR) is 106 cm³/mol. The van der Waals surface area contributed by atoms with Crippen LogP contribution >= 0.6 is 15.9 Å². The summed E-state index contributed by atoms with van der Waals surface area (Å²) in [7, 11) is 1.55. The highest BCUT2D eigenvalue weighted by atomic mass is 79.9. The van der Waals surface area contributed by atoms with Crippen molar-refractivity contribution in [3.8, 4) is 17.1 Å². The predicted octanol–water partition coefficient (Wildman–Crippen LogP) is 4.58. The van der Waals surface area contributed by atoms with E-state index in [0.717, 1.165) is 5.56 Å². The molecule has 0 aliphatic carbocycles. The molecular formula is C20H18BrNO4. The third-order valence-corrected chi connectivity index (χ3v) is 5.08. The van der Waals surface area contributed by atoms with Gasteiger partial charge in [-0.2, -0.15) is 0 Å². The number of hydrogen-bond donors (Lipinski definition) is 1. The molecule has 6 heteroatoms. The van der Waals surface area contributed by atoms with Crippen LogP contribution in [0.4, 0.5) is 5.69 Å². The Balaban J connectivity index is 1.89. The monoisotopic (exact) mass is 415 g/mol. The van der Waals surface area contributed by atoms with Crippen LogP contribution in [0.25, 0.3) is 22.3 Å². The second-order valence-electron chi connectivity index (χ2n) is 5.78. The van der Waals surface area contributed by atoms with Crippen LogP contribution in [0.2, 0.25) is 0 Å². The van der Waals surface area contributed by atoms with Crippen molar-refractivity contribution in [1.82, 2.24) is 0 Å². The molecule has 1 heterocycles. The van der Waals surface area contributed by atoms with Crippen molar-refractivity contribution in [2.45, 2.75) is 18.2 Å². The number of nitrogens with one attached hydrogen (secondary N) is 1. The molecule has 1 aromatic heterocycles. The number of benzene rings is 2. The summed E-state index contributed by atoms with van der Waals surface area (Å²) in [5.74, 6) is 0.985. The van der Waals surface area contributed by atoms with E-state index in [9.17, 15) is 9.59 Å². The van der Waals surface area contributed by atoms with Crippen molar-refractivity contribution < 1.29 is 13.9 Å². The largest absolute Gasteiger partial charge is 0.497 e. The number of fused-ring (bicyclic) bond motifs is 1. The van der Waals surface area contributed by atoms with Crippen LogP contribution in [0.15, 0.2) is 57.7 Å². The van der Waals surface area contributed by atoms with E-state index in [2.05, 4.69) is 21.2 Å². The van der Waals surface area contributed by atoms with Gasteiger partial charge in [0.25, 0.3) is 0 Å². The van der Waals surface area contributed by atoms with Crippen molar-refractivity contribution in [3.63, 3.8) is 0 Å². The molecule has 0 bridgehead atoms. The lowest BCUT2D eigenvalue weighted by molar-refractivity contribution is -0.115. The minimum Gasteiger partial charge on any atom is -0.497 e. The first-order chi connectivity index (χ1) is 12.5. The molecule has 0 aliphatic heterocycles. The van der Waals surface area contributed by atoms with Gasteiger partial charge in [0.15, 0.2) is 5.43 Å². The summed E-state index contributed by atoms with van der Waals surface area (Å²) in [6.07, 6.45) is 0.705. The number of alkyl halides is 1. The second kappa shape index (κ2) is 7.74. The number of amides is 1. The molecule has 0 aliphatic rings. The molecule has 1 atom stereocenters.